The van der Waals surface area contributed by atoms with Crippen LogP contribution in [0, 0.1) is 0 Å². The van der Waals surface area contributed by atoms with Crippen LogP contribution in [-0.2, 0) is 23.2 Å². The first-order valence-corrected chi connectivity index (χ1v) is 9.80. The maximum absolute atomic E-state index is 13.3. The third-order valence-electron chi connectivity index (χ3n) is 5.65. The molecule has 0 fully saturated rings. The zero-order valence-corrected chi connectivity index (χ0v) is 16.7. The second-order valence-electron chi connectivity index (χ2n) is 7.32. The molecule has 1 atom stereocenters. The van der Waals surface area contributed by atoms with Crippen molar-refractivity contribution < 1.29 is 14.3 Å². The van der Waals surface area contributed by atoms with Gasteiger partial charge in [-0.15, -0.1) is 0 Å². The summed E-state index contributed by atoms with van der Waals surface area (Å²) < 4.78 is 5.23. The third-order valence-corrected chi connectivity index (χ3v) is 5.65. The Bertz CT molecular complexity index is 1070. The van der Waals surface area contributed by atoms with Gasteiger partial charge in [0.2, 0.25) is 5.91 Å². The van der Waals surface area contributed by atoms with Crippen LogP contribution in [0.15, 0.2) is 72.9 Å². The molecule has 2 heterocycles. The van der Waals surface area contributed by atoms with E-state index in [1.54, 1.807) is 30.3 Å². The van der Waals surface area contributed by atoms with Gasteiger partial charge in [0.15, 0.2) is 5.54 Å². The van der Waals surface area contributed by atoms with Crippen LogP contribution in [0.1, 0.15) is 27.2 Å². The smallest absolute Gasteiger partial charge is 0.255 e. The Labute approximate surface area is 175 Å². The number of aromatic nitrogens is 1. The summed E-state index contributed by atoms with van der Waals surface area (Å²) in [5, 5.41) is 0. The standard InChI is InChI=1S/C24H23N3O3/c1-30-19-11-9-17(10-12-19)16-24(23(25)29)21-8-3-2-7-20(21)22(28)27(24)15-13-18-6-4-5-14-26-18/h2-12,14H,13,15-16H2,1H3,(H2,25,29). The Morgan fingerprint density at radius 1 is 1.07 bits per heavy atom. The lowest BCUT2D eigenvalue weighted by molar-refractivity contribution is -0.129. The largest absolute Gasteiger partial charge is 0.497 e. The van der Waals surface area contributed by atoms with Gasteiger partial charge in [-0.3, -0.25) is 14.6 Å². The Morgan fingerprint density at radius 2 is 1.80 bits per heavy atom. The molecule has 30 heavy (non-hydrogen) atoms. The van der Waals surface area contributed by atoms with E-state index in [9.17, 15) is 9.59 Å². The van der Waals surface area contributed by atoms with E-state index in [1.165, 1.54) is 0 Å². The number of primary amides is 1. The summed E-state index contributed by atoms with van der Waals surface area (Å²) in [6.07, 6.45) is 2.53. The first-order valence-electron chi connectivity index (χ1n) is 9.80. The molecular weight excluding hydrogens is 378 g/mol. The van der Waals surface area contributed by atoms with E-state index in [4.69, 9.17) is 10.5 Å². The molecule has 0 saturated carbocycles. The number of hydrogen-bond acceptors (Lipinski definition) is 4. The van der Waals surface area contributed by atoms with Crippen LogP contribution in [-0.4, -0.2) is 35.4 Å². The first kappa shape index (κ1) is 19.6. The molecule has 0 bridgehead atoms. The zero-order chi connectivity index (χ0) is 21.1. The van der Waals surface area contributed by atoms with Gasteiger partial charge in [0.05, 0.1) is 7.11 Å². The van der Waals surface area contributed by atoms with Crippen LogP contribution in [0.5, 0.6) is 5.75 Å². The van der Waals surface area contributed by atoms with Gasteiger partial charge >= 0.3 is 0 Å². The van der Waals surface area contributed by atoms with E-state index in [2.05, 4.69) is 4.98 Å². The molecule has 1 aliphatic heterocycles. The summed E-state index contributed by atoms with van der Waals surface area (Å²) in [5.74, 6) is -0.00624. The molecule has 2 N–H and O–H groups in total. The van der Waals surface area contributed by atoms with Crippen molar-refractivity contribution in [3.05, 3.63) is 95.3 Å². The van der Waals surface area contributed by atoms with E-state index in [1.807, 2.05) is 54.6 Å². The van der Waals surface area contributed by atoms with E-state index < -0.39 is 11.4 Å². The van der Waals surface area contributed by atoms with Gasteiger partial charge < -0.3 is 15.4 Å². The number of nitrogens with zero attached hydrogens (tertiary/aromatic N) is 2. The molecule has 1 unspecified atom stereocenters. The average Bonchev–Trinajstić information content (AvgIpc) is 3.02. The molecule has 0 saturated heterocycles. The van der Waals surface area contributed by atoms with Gasteiger partial charge in [0.25, 0.3) is 5.91 Å². The topological polar surface area (TPSA) is 85.5 Å². The minimum atomic E-state index is -1.25. The van der Waals surface area contributed by atoms with E-state index >= 15 is 0 Å². The highest BCUT2D eigenvalue weighted by Crippen LogP contribution is 2.42. The second kappa shape index (κ2) is 7.99. The minimum absolute atomic E-state index is 0.186. The summed E-state index contributed by atoms with van der Waals surface area (Å²) in [6.45, 7) is 0.337. The van der Waals surface area contributed by atoms with Crippen molar-refractivity contribution in [1.82, 2.24) is 9.88 Å². The number of hydrogen-bond donors (Lipinski definition) is 1. The summed E-state index contributed by atoms with van der Waals surface area (Å²) in [7, 11) is 1.60. The highest BCUT2D eigenvalue weighted by Gasteiger charge is 2.53. The third kappa shape index (κ3) is 3.30. The maximum atomic E-state index is 13.3. The number of amides is 2. The molecule has 1 aliphatic rings. The quantitative estimate of drug-likeness (QED) is 0.660. The van der Waals surface area contributed by atoms with Gasteiger partial charge in [-0.2, -0.15) is 0 Å². The number of pyridine rings is 1. The summed E-state index contributed by atoms with van der Waals surface area (Å²) >= 11 is 0. The Balaban J connectivity index is 1.75. The molecule has 1 aromatic heterocycles. The number of carbonyl (C=O) groups is 2. The van der Waals surface area contributed by atoms with Gasteiger partial charge in [-0.25, -0.2) is 0 Å². The number of fused-ring (bicyclic) bond motifs is 1. The number of benzene rings is 2. The maximum Gasteiger partial charge on any atom is 0.255 e. The van der Waals surface area contributed by atoms with Crippen molar-refractivity contribution in [2.75, 3.05) is 13.7 Å². The fraction of sp³-hybridized carbons (Fsp3) is 0.208. The predicted octanol–water partition coefficient (Wildman–Crippen LogP) is 2.71. The van der Waals surface area contributed by atoms with Crippen molar-refractivity contribution in [3.8, 4) is 5.75 Å². The lowest BCUT2D eigenvalue weighted by Gasteiger charge is -2.37. The molecular formula is C24H23N3O3. The van der Waals surface area contributed by atoms with Crippen molar-refractivity contribution in [2.24, 2.45) is 5.73 Å². The lowest BCUT2D eigenvalue weighted by atomic mass is 9.82. The average molecular weight is 401 g/mol. The van der Waals surface area contributed by atoms with Crippen LogP contribution in [0.4, 0.5) is 0 Å². The highest BCUT2D eigenvalue weighted by molar-refractivity contribution is 6.06. The summed E-state index contributed by atoms with van der Waals surface area (Å²) in [6, 6.07) is 20.3. The van der Waals surface area contributed by atoms with Gasteiger partial charge in [0.1, 0.15) is 5.75 Å². The van der Waals surface area contributed by atoms with Crippen LogP contribution >= 0.6 is 0 Å². The normalized spacial score (nSPS) is 17.6. The Kier molecular flexibility index (Phi) is 5.23. The van der Waals surface area contributed by atoms with Crippen LogP contribution < -0.4 is 10.5 Å². The van der Waals surface area contributed by atoms with Crippen LogP contribution in [0.3, 0.4) is 0 Å². The number of nitrogens with two attached hydrogens (primary N) is 1. The fourth-order valence-electron chi connectivity index (χ4n) is 4.14. The Hall–Kier alpha value is -3.67. The van der Waals surface area contributed by atoms with Crippen molar-refractivity contribution in [1.29, 1.82) is 0 Å². The fourth-order valence-corrected chi connectivity index (χ4v) is 4.14. The van der Waals surface area contributed by atoms with Crippen LogP contribution in [0.25, 0.3) is 0 Å². The summed E-state index contributed by atoms with van der Waals surface area (Å²) in [4.78, 5) is 32.2. The Morgan fingerprint density at radius 3 is 2.47 bits per heavy atom. The van der Waals surface area contributed by atoms with Gasteiger partial charge in [-0.1, -0.05) is 36.4 Å². The molecule has 2 amide bonds. The van der Waals surface area contributed by atoms with E-state index in [0.717, 1.165) is 17.0 Å². The van der Waals surface area contributed by atoms with E-state index in [0.29, 0.717) is 24.1 Å². The molecule has 0 radical (unpaired) electrons. The predicted molar refractivity (Wildman–Crippen MR) is 113 cm³/mol. The molecule has 6 nitrogen and oxygen atoms in total. The summed E-state index contributed by atoms with van der Waals surface area (Å²) in [5.41, 5.74) is 7.66. The SMILES string of the molecule is COc1ccc(CC2(C(N)=O)c3ccccc3C(=O)N2CCc2ccccn2)cc1. The lowest BCUT2D eigenvalue weighted by Crippen LogP contribution is -2.55. The van der Waals surface area contributed by atoms with E-state index in [-0.39, 0.29) is 12.3 Å². The monoisotopic (exact) mass is 401 g/mol. The van der Waals surface area contributed by atoms with Gasteiger partial charge in [0, 0.05) is 42.4 Å². The zero-order valence-electron chi connectivity index (χ0n) is 16.7. The molecule has 3 aromatic rings. The molecule has 0 aliphatic carbocycles. The van der Waals surface area contributed by atoms with Crippen LogP contribution in [0.2, 0.25) is 0 Å². The highest BCUT2D eigenvalue weighted by atomic mass is 16.5. The van der Waals surface area contributed by atoms with Crippen molar-refractivity contribution >= 4 is 11.8 Å². The number of ether oxygens (including phenoxy) is 1. The van der Waals surface area contributed by atoms with Crippen molar-refractivity contribution in [3.63, 3.8) is 0 Å². The molecule has 2 aromatic carbocycles. The molecule has 0 spiro atoms. The second-order valence-corrected chi connectivity index (χ2v) is 7.32. The molecule has 6 heteroatoms. The molecule has 4 rings (SSSR count). The van der Waals surface area contributed by atoms with Gasteiger partial charge in [-0.05, 0) is 35.9 Å². The minimum Gasteiger partial charge on any atom is -0.497 e. The first-order chi connectivity index (χ1) is 14.6. The number of rotatable bonds is 7. The van der Waals surface area contributed by atoms with Crippen molar-refractivity contribution in [2.45, 2.75) is 18.4 Å². The molecule has 152 valence electrons. The number of carbonyl (C=O) groups excluding carboxylic acids is 2. The number of methoxy groups -OCH3 is 1.